The zero-order valence-corrected chi connectivity index (χ0v) is 20.9. The number of hydrogen-bond donors (Lipinski definition) is 3. The van der Waals surface area contributed by atoms with Gasteiger partial charge >= 0.3 is 5.97 Å². The van der Waals surface area contributed by atoms with Crippen molar-refractivity contribution in [3.63, 3.8) is 0 Å². The molecule has 2 unspecified atom stereocenters. The van der Waals surface area contributed by atoms with Crippen LogP contribution in [0.2, 0.25) is 5.28 Å². The van der Waals surface area contributed by atoms with Crippen molar-refractivity contribution in [2.45, 2.75) is 70.0 Å². The number of esters is 1. The molecule has 6 atom stereocenters. The quantitative estimate of drug-likeness (QED) is 0.192. The number of nitrogens with zero attached hydrogens (tertiary/aromatic N) is 4. The van der Waals surface area contributed by atoms with E-state index in [9.17, 15) is 14.5 Å². The molecule has 12 nitrogen and oxygen atoms in total. The Kier molecular flexibility index (Phi) is 8.18. The predicted octanol–water partition coefficient (Wildman–Crippen LogP) is 1.48. The minimum absolute atomic E-state index is 0.0663. The van der Waals surface area contributed by atoms with Crippen molar-refractivity contribution in [3.05, 3.63) is 11.6 Å². The molecular formula is C20H28ClN6O6P. The predicted molar refractivity (Wildman–Crippen MR) is 125 cm³/mol. The van der Waals surface area contributed by atoms with Crippen LogP contribution in [0.1, 0.15) is 40.3 Å². The van der Waals surface area contributed by atoms with Gasteiger partial charge in [0.1, 0.15) is 23.9 Å². The molecule has 1 saturated heterocycles. The summed E-state index contributed by atoms with van der Waals surface area (Å²) in [7, 11) is -2.73. The van der Waals surface area contributed by atoms with Crippen LogP contribution < -0.4 is 11.1 Å². The van der Waals surface area contributed by atoms with E-state index in [4.69, 9.17) is 37.8 Å². The van der Waals surface area contributed by atoms with Gasteiger partial charge in [0.15, 0.2) is 17.1 Å². The monoisotopic (exact) mass is 514 g/mol. The van der Waals surface area contributed by atoms with Crippen LogP contribution >= 0.6 is 19.6 Å². The van der Waals surface area contributed by atoms with Crippen LogP contribution in [0.15, 0.2) is 6.33 Å². The number of imidazole rings is 1. The summed E-state index contributed by atoms with van der Waals surface area (Å²) < 4.78 is 30.9. The molecule has 186 valence electrons. The van der Waals surface area contributed by atoms with Gasteiger partial charge in [-0.3, -0.25) is 19.2 Å². The molecule has 4 N–H and O–H groups in total. The smallest absolute Gasteiger partial charge is 0.323 e. The summed E-state index contributed by atoms with van der Waals surface area (Å²) in [5.41, 5.74) is 4.92. The topological polar surface area (TPSA) is 164 Å². The van der Waals surface area contributed by atoms with Gasteiger partial charge in [0.25, 0.3) is 0 Å². The Morgan fingerprint density at radius 3 is 2.85 bits per heavy atom. The number of ether oxygens (including phenoxy) is 2. The molecule has 1 aliphatic heterocycles. The first-order chi connectivity index (χ1) is 16.0. The van der Waals surface area contributed by atoms with Gasteiger partial charge in [0, 0.05) is 6.42 Å². The number of carbonyl (C=O) groups is 1. The lowest BCUT2D eigenvalue weighted by Crippen LogP contribution is -2.43. The molecule has 0 aromatic carbocycles. The van der Waals surface area contributed by atoms with Gasteiger partial charge in [-0.25, -0.2) is 4.98 Å². The molecule has 14 heteroatoms. The van der Waals surface area contributed by atoms with Crippen LogP contribution in [0.4, 0.5) is 5.82 Å². The zero-order valence-electron chi connectivity index (χ0n) is 19.2. The number of rotatable bonds is 9. The molecule has 0 bridgehead atoms. The fourth-order valence-corrected chi connectivity index (χ4v) is 4.66. The number of halogens is 1. The van der Waals surface area contributed by atoms with Crippen molar-refractivity contribution in [3.8, 4) is 12.3 Å². The Bertz CT molecular complexity index is 1120. The van der Waals surface area contributed by atoms with E-state index in [2.05, 4.69) is 26.2 Å². The Balaban J connectivity index is 1.67. The molecule has 0 spiro atoms. The molecular weight excluding hydrogens is 487 g/mol. The van der Waals surface area contributed by atoms with Crippen molar-refractivity contribution in [2.24, 2.45) is 0 Å². The fourth-order valence-electron chi connectivity index (χ4n) is 3.49. The van der Waals surface area contributed by atoms with E-state index in [1.165, 1.54) is 10.9 Å². The third kappa shape index (κ3) is 5.51. The Morgan fingerprint density at radius 2 is 2.21 bits per heavy atom. The summed E-state index contributed by atoms with van der Waals surface area (Å²) in [4.78, 5) is 24.1. The van der Waals surface area contributed by atoms with Gasteiger partial charge in [-0.1, -0.05) is 5.92 Å². The minimum Gasteiger partial charge on any atom is -0.462 e. The van der Waals surface area contributed by atoms with Crippen LogP contribution in [0, 0.1) is 12.3 Å². The number of terminal acetylenes is 1. The van der Waals surface area contributed by atoms with Crippen molar-refractivity contribution < 1.29 is 28.5 Å². The summed E-state index contributed by atoms with van der Waals surface area (Å²) in [6.07, 6.45) is 5.06. The van der Waals surface area contributed by atoms with E-state index < -0.39 is 43.8 Å². The minimum atomic E-state index is -2.73. The van der Waals surface area contributed by atoms with E-state index in [0.29, 0.717) is 11.2 Å². The number of nitrogen functional groups attached to an aromatic ring is 1. The highest BCUT2D eigenvalue weighted by Gasteiger charge is 2.49. The summed E-state index contributed by atoms with van der Waals surface area (Å²) in [5.74, 6) is 1.41. The van der Waals surface area contributed by atoms with E-state index in [1.807, 2.05) is 0 Å². The molecule has 3 heterocycles. The number of anilines is 1. The number of aromatic nitrogens is 4. The second-order valence-corrected chi connectivity index (χ2v) is 10.4. The number of carbonyl (C=O) groups excluding carboxylic acids is 1. The lowest BCUT2D eigenvalue weighted by molar-refractivity contribution is -0.149. The Labute approximate surface area is 202 Å². The summed E-state index contributed by atoms with van der Waals surface area (Å²) >= 11 is 5.91. The maximum atomic E-state index is 12.7. The highest BCUT2D eigenvalue weighted by Crippen LogP contribution is 2.40. The van der Waals surface area contributed by atoms with Crippen molar-refractivity contribution in [2.75, 3.05) is 12.3 Å². The van der Waals surface area contributed by atoms with Gasteiger partial charge in [-0.15, -0.1) is 6.42 Å². The molecule has 3 rings (SSSR count). The fraction of sp³-hybridized carbons (Fsp3) is 0.600. The lowest BCUT2D eigenvalue weighted by atomic mass is 9.99. The van der Waals surface area contributed by atoms with Gasteiger partial charge < -0.3 is 24.8 Å². The van der Waals surface area contributed by atoms with Gasteiger partial charge in [0.05, 0.1) is 24.8 Å². The molecule has 2 aromatic rings. The molecule has 0 saturated carbocycles. The summed E-state index contributed by atoms with van der Waals surface area (Å²) in [5, 5.41) is 13.5. The Hall–Kier alpha value is -2.26. The summed E-state index contributed by atoms with van der Waals surface area (Å²) in [6, 6.07) is -0.690. The first-order valence-electron chi connectivity index (χ1n) is 10.6. The van der Waals surface area contributed by atoms with Crippen LogP contribution in [0.3, 0.4) is 0 Å². The van der Waals surface area contributed by atoms with E-state index >= 15 is 0 Å². The third-order valence-electron chi connectivity index (χ3n) is 5.27. The Morgan fingerprint density at radius 1 is 1.50 bits per heavy atom. The highest BCUT2D eigenvalue weighted by molar-refractivity contribution is 7.39. The van der Waals surface area contributed by atoms with Crippen LogP contribution in [0.25, 0.3) is 11.2 Å². The van der Waals surface area contributed by atoms with Crippen LogP contribution in [0.5, 0.6) is 0 Å². The SMILES string of the molecule is C#C[C@]1(CO[PH](=O)C(C)N[C@@H](C)C(=O)OC(C)C)O[C@@H](n2cnc3c(N)nc(Cl)nc32)C[C@@H]1O. The van der Waals surface area contributed by atoms with E-state index in [1.54, 1.807) is 27.7 Å². The average Bonchev–Trinajstić information content (AvgIpc) is 3.32. The first-order valence-corrected chi connectivity index (χ1v) is 12.4. The number of fused-ring (bicyclic) bond motifs is 1. The number of aliphatic hydroxyl groups is 1. The van der Waals surface area contributed by atoms with Crippen molar-refractivity contribution in [1.29, 1.82) is 0 Å². The number of nitrogens with one attached hydrogen (secondary N) is 1. The standard InChI is InChI=1S/C20H28ClN6O6P/c1-6-20(8-31-34(30)12(5)24-11(4)18(29)32-10(2)3)13(28)7-14(33-20)27-9-23-15-16(22)25-19(21)26-17(15)27/h1,9-14,24,28,34H,7-8H2,2-5H3,(H2,22,25,26)/t11-,12?,13-,14+,20+/m0/s1. The maximum Gasteiger partial charge on any atom is 0.323 e. The van der Waals surface area contributed by atoms with Gasteiger partial charge in [-0.05, 0) is 39.3 Å². The van der Waals surface area contributed by atoms with Crippen molar-refractivity contribution in [1.82, 2.24) is 24.8 Å². The molecule has 0 radical (unpaired) electrons. The molecule has 0 aliphatic carbocycles. The van der Waals surface area contributed by atoms with Gasteiger partial charge in [-0.2, -0.15) is 9.97 Å². The second-order valence-electron chi connectivity index (χ2n) is 8.26. The molecule has 2 aromatic heterocycles. The van der Waals surface area contributed by atoms with Crippen LogP contribution in [-0.4, -0.2) is 66.8 Å². The second kappa shape index (κ2) is 10.6. The zero-order chi connectivity index (χ0) is 25.2. The lowest BCUT2D eigenvalue weighted by Gasteiger charge is -2.27. The first kappa shape index (κ1) is 26.3. The van der Waals surface area contributed by atoms with Crippen LogP contribution in [-0.2, 0) is 23.4 Å². The third-order valence-corrected chi connectivity index (χ3v) is 6.74. The maximum absolute atomic E-state index is 12.7. The normalized spacial score (nSPS) is 25.2. The van der Waals surface area contributed by atoms with E-state index in [-0.39, 0.29) is 30.2 Å². The van der Waals surface area contributed by atoms with Gasteiger partial charge in [0.2, 0.25) is 13.3 Å². The molecule has 34 heavy (non-hydrogen) atoms. The molecule has 1 aliphatic rings. The largest absolute Gasteiger partial charge is 0.462 e. The van der Waals surface area contributed by atoms with Crippen molar-refractivity contribution >= 4 is 42.6 Å². The average molecular weight is 515 g/mol. The number of aliphatic hydroxyl groups excluding tert-OH is 1. The molecule has 1 fully saturated rings. The van der Waals surface area contributed by atoms with E-state index in [0.717, 1.165) is 0 Å². The number of nitrogens with two attached hydrogens (primary N) is 1. The summed E-state index contributed by atoms with van der Waals surface area (Å²) in [6.45, 7) is 6.36. The highest BCUT2D eigenvalue weighted by atomic mass is 35.5. The number of hydrogen-bond acceptors (Lipinski definition) is 11. The molecule has 0 amide bonds.